The van der Waals surface area contributed by atoms with E-state index >= 15 is 0 Å². The number of fused-ring (bicyclic) bond motifs is 1. The summed E-state index contributed by atoms with van der Waals surface area (Å²) in [6.07, 6.45) is -3.52. The highest BCUT2D eigenvalue weighted by Crippen LogP contribution is 2.28. The molecule has 0 radical (unpaired) electrons. The first-order chi connectivity index (χ1) is 12.8. The quantitative estimate of drug-likeness (QED) is 0.852. The van der Waals surface area contributed by atoms with Crippen molar-refractivity contribution in [3.05, 3.63) is 69.1 Å². The number of H-pyrrole nitrogens is 1. The van der Waals surface area contributed by atoms with Crippen LogP contribution in [-0.4, -0.2) is 34.8 Å². The van der Waals surface area contributed by atoms with Crippen molar-refractivity contribution in [1.82, 2.24) is 15.2 Å². The summed E-state index contributed by atoms with van der Waals surface area (Å²) in [5.41, 5.74) is -0.633. The van der Waals surface area contributed by atoms with Gasteiger partial charge < -0.3 is 15.2 Å². The molecule has 1 aliphatic rings. The Kier molecular flexibility index (Phi) is 5.02. The van der Waals surface area contributed by atoms with Gasteiger partial charge in [0.05, 0.1) is 12.1 Å². The summed E-state index contributed by atoms with van der Waals surface area (Å²) in [5.74, 6) is -1.41. The summed E-state index contributed by atoms with van der Waals surface area (Å²) in [4.78, 5) is 39.4. The average Bonchev–Trinajstić information content (AvgIpc) is 2.64. The van der Waals surface area contributed by atoms with Crippen LogP contribution in [-0.2, 0) is 23.9 Å². The molecule has 0 fully saturated rings. The minimum atomic E-state index is -4.70. The zero-order valence-electron chi connectivity index (χ0n) is 14.1. The minimum absolute atomic E-state index is 0.374. The molecule has 0 bridgehead atoms. The number of nitrogens with one attached hydrogen (secondary N) is 2. The first-order valence-electron chi connectivity index (χ1n) is 8.18. The van der Waals surface area contributed by atoms with Crippen LogP contribution in [0, 0.1) is 0 Å². The Balaban J connectivity index is 1.64. The van der Waals surface area contributed by atoms with Crippen LogP contribution < -0.4 is 10.9 Å². The smallest absolute Gasteiger partial charge is 0.343 e. The van der Waals surface area contributed by atoms with Crippen molar-refractivity contribution in [2.75, 3.05) is 13.1 Å². The van der Waals surface area contributed by atoms with Crippen LogP contribution >= 0.6 is 0 Å². The highest BCUT2D eigenvalue weighted by atomic mass is 19.4. The average molecular weight is 379 g/mol. The molecule has 0 spiro atoms. The number of aromatic amines is 1. The highest BCUT2D eigenvalue weighted by Gasteiger charge is 2.32. The summed E-state index contributed by atoms with van der Waals surface area (Å²) in [6, 6.07) is 8.15. The monoisotopic (exact) mass is 379 g/mol. The zero-order valence-corrected chi connectivity index (χ0v) is 14.1. The Morgan fingerprint density at radius 1 is 1.19 bits per heavy atom. The fourth-order valence-corrected chi connectivity index (χ4v) is 2.89. The Bertz CT molecular complexity index is 937. The number of alkyl halides is 3. The Morgan fingerprint density at radius 3 is 2.59 bits per heavy atom. The molecule has 0 unspecified atom stereocenters. The number of carbonyl (C=O) groups excluding carboxylic acids is 2. The maximum absolute atomic E-state index is 12.7. The Morgan fingerprint density at radius 2 is 1.89 bits per heavy atom. The minimum Gasteiger partial charge on any atom is -0.343 e. The number of aromatic nitrogens is 1. The standard InChI is InChI=1S/C18H16F3N3O3/c19-18(20,21)13-7-14(16(26)22-8-13)17(27)23-9-15(25)24-6-5-11-3-1-2-4-12(11)10-24/h1-4,7-8H,5-6,9-10H2,(H,22,26)(H,23,27). The number of benzene rings is 1. The van der Waals surface area contributed by atoms with Crippen molar-refractivity contribution in [2.45, 2.75) is 19.1 Å². The van der Waals surface area contributed by atoms with Gasteiger partial charge >= 0.3 is 6.18 Å². The Hall–Kier alpha value is -3.10. The molecule has 27 heavy (non-hydrogen) atoms. The molecular formula is C18H16F3N3O3. The summed E-state index contributed by atoms with van der Waals surface area (Å²) < 4.78 is 38.2. The van der Waals surface area contributed by atoms with E-state index in [-0.39, 0.29) is 5.91 Å². The first kappa shape index (κ1) is 18.7. The van der Waals surface area contributed by atoms with Gasteiger partial charge in [0.15, 0.2) is 0 Å². The van der Waals surface area contributed by atoms with Crippen LogP contribution in [0.25, 0.3) is 0 Å². The van der Waals surface area contributed by atoms with E-state index in [1.165, 1.54) is 0 Å². The van der Waals surface area contributed by atoms with Crippen molar-refractivity contribution >= 4 is 11.8 Å². The van der Waals surface area contributed by atoms with Gasteiger partial charge in [0.25, 0.3) is 11.5 Å². The van der Waals surface area contributed by atoms with Crippen LogP contribution in [0.3, 0.4) is 0 Å². The van der Waals surface area contributed by atoms with Crippen LogP contribution in [0.4, 0.5) is 13.2 Å². The molecule has 0 atom stereocenters. The van der Waals surface area contributed by atoms with Crippen molar-refractivity contribution in [1.29, 1.82) is 0 Å². The van der Waals surface area contributed by atoms with Crippen LogP contribution in [0.2, 0.25) is 0 Å². The van der Waals surface area contributed by atoms with Crippen LogP contribution in [0.5, 0.6) is 0 Å². The molecule has 2 heterocycles. The summed E-state index contributed by atoms with van der Waals surface area (Å²) >= 11 is 0. The molecule has 6 nitrogen and oxygen atoms in total. The predicted octanol–water partition coefficient (Wildman–Crippen LogP) is 1.71. The zero-order chi connectivity index (χ0) is 19.6. The van der Waals surface area contributed by atoms with Crippen molar-refractivity contribution in [2.24, 2.45) is 0 Å². The first-order valence-corrected chi connectivity index (χ1v) is 8.18. The second-order valence-corrected chi connectivity index (χ2v) is 6.15. The molecular weight excluding hydrogens is 363 g/mol. The number of pyridine rings is 1. The van der Waals surface area contributed by atoms with E-state index in [9.17, 15) is 27.6 Å². The third kappa shape index (κ3) is 4.18. The van der Waals surface area contributed by atoms with Gasteiger partial charge in [0, 0.05) is 19.3 Å². The van der Waals surface area contributed by atoms with E-state index < -0.39 is 35.3 Å². The van der Waals surface area contributed by atoms with E-state index in [4.69, 9.17) is 0 Å². The summed E-state index contributed by atoms with van der Waals surface area (Å²) in [7, 11) is 0. The molecule has 142 valence electrons. The molecule has 1 aliphatic heterocycles. The second kappa shape index (κ2) is 7.26. The van der Waals surface area contributed by atoms with Gasteiger partial charge in [0.1, 0.15) is 5.56 Å². The lowest BCUT2D eigenvalue weighted by atomic mass is 10.00. The maximum atomic E-state index is 12.7. The van der Waals surface area contributed by atoms with Gasteiger partial charge in [-0.15, -0.1) is 0 Å². The van der Waals surface area contributed by atoms with E-state index in [1.54, 1.807) is 4.90 Å². The van der Waals surface area contributed by atoms with Gasteiger partial charge in [-0.05, 0) is 23.6 Å². The van der Waals surface area contributed by atoms with Gasteiger partial charge in [-0.2, -0.15) is 13.2 Å². The molecule has 2 amide bonds. The number of hydrogen-bond donors (Lipinski definition) is 2. The van der Waals surface area contributed by atoms with Crippen molar-refractivity contribution < 1.29 is 22.8 Å². The van der Waals surface area contributed by atoms with Crippen LogP contribution in [0.15, 0.2) is 41.3 Å². The maximum Gasteiger partial charge on any atom is 0.417 e. The molecule has 0 aliphatic carbocycles. The van der Waals surface area contributed by atoms with Crippen molar-refractivity contribution in [3.8, 4) is 0 Å². The van der Waals surface area contributed by atoms with Crippen LogP contribution in [0.1, 0.15) is 27.0 Å². The number of hydrogen-bond acceptors (Lipinski definition) is 3. The molecule has 0 saturated carbocycles. The normalized spacial score (nSPS) is 13.8. The number of rotatable bonds is 3. The van der Waals surface area contributed by atoms with Gasteiger partial charge in [-0.3, -0.25) is 14.4 Å². The number of nitrogens with zero attached hydrogens (tertiary/aromatic N) is 1. The lowest BCUT2D eigenvalue weighted by Crippen LogP contribution is -2.43. The largest absolute Gasteiger partial charge is 0.417 e. The highest BCUT2D eigenvalue weighted by molar-refractivity contribution is 5.96. The molecule has 1 aromatic carbocycles. The van der Waals surface area contributed by atoms with Crippen molar-refractivity contribution in [3.63, 3.8) is 0 Å². The lowest BCUT2D eigenvalue weighted by molar-refractivity contribution is -0.138. The van der Waals surface area contributed by atoms with Gasteiger partial charge in [-0.25, -0.2) is 0 Å². The van der Waals surface area contributed by atoms with E-state index in [0.717, 1.165) is 11.1 Å². The molecule has 1 aromatic heterocycles. The van der Waals surface area contributed by atoms with Gasteiger partial charge in [-0.1, -0.05) is 24.3 Å². The Labute approximate surface area is 152 Å². The summed E-state index contributed by atoms with van der Waals surface area (Å²) in [6.45, 7) is 0.474. The lowest BCUT2D eigenvalue weighted by Gasteiger charge is -2.29. The topological polar surface area (TPSA) is 82.3 Å². The fraction of sp³-hybridized carbons (Fsp3) is 0.278. The van der Waals surface area contributed by atoms with E-state index in [2.05, 4.69) is 5.32 Å². The molecule has 3 rings (SSSR count). The molecule has 2 aromatic rings. The number of carbonyl (C=O) groups is 2. The van der Waals surface area contributed by atoms with E-state index in [1.807, 2.05) is 29.2 Å². The molecule has 2 N–H and O–H groups in total. The second-order valence-electron chi connectivity index (χ2n) is 6.15. The number of halogens is 3. The molecule has 0 saturated heterocycles. The summed E-state index contributed by atoms with van der Waals surface area (Å²) in [5, 5.41) is 2.22. The predicted molar refractivity (Wildman–Crippen MR) is 90.0 cm³/mol. The molecule has 9 heteroatoms. The third-order valence-corrected chi connectivity index (χ3v) is 4.36. The third-order valence-electron chi connectivity index (χ3n) is 4.36. The number of amides is 2. The fourth-order valence-electron chi connectivity index (χ4n) is 2.89. The van der Waals surface area contributed by atoms with Gasteiger partial charge in [0.2, 0.25) is 5.91 Å². The SMILES string of the molecule is O=C(NCC(=O)N1CCc2ccccc2C1)c1cc(C(F)(F)F)c[nH]c1=O. The van der Waals surface area contributed by atoms with E-state index in [0.29, 0.717) is 31.8 Å².